The largest absolute Gasteiger partial charge is 2.00 e. The van der Waals surface area contributed by atoms with Crippen molar-refractivity contribution in [2.45, 2.75) is 25.4 Å². The van der Waals surface area contributed by atoms with Crippen molar-refractivity contribution in [2.24, 2.45) is 0 Å². The maximum atomic E-state index is 13.0. The van der Waals surface area contributed by atoms with Crippen LogP contribution in [0.2, 0.25) is 0 Å². The second kappa shape index (κ2) is 9.34. The zero-order chi connectivity index (χ0) is 23.9. The van der Waals surface area contributed by atoms with Crippen LogP contribution in [0.25, 0.3) is 28.0 Å². The van der Waals surface area contributed by atoms with Crippen molar-refractivity contribution in [3.05, 3.63) is 102 Å². The number of pyridine rings is 3. The number of fused-ring (bicyclic) bond motifs is 1. The van der Waals surface area contributed by atoms with E-state index >= 15 is 0 Å². The number of benzene rings is 1. The van der Waals surface area contributed by atoms with Crippen LogP contribution < -0.4 is 0 Å². The van der Waals surface area contributed by atoms with Gasteiger partial charge in [0, 0.05) is 22.3 Å². The van der Waals surface area contributed by atoms with Gasteiger partial charge in [-0.2, -0.15) is 24.8 Å². The molecule has 0 aliphatic heterocycles. The standard InChI is InChI=1S/C26H18F3N5.Pt/c1-25(2,22-11-6-12-24(32-22)34-16-14-23(33-34)26(27,28)29)21-10-5-9-20(31-21)18-13-15-30-19-8-4-3-7-17(18)19;/h3-12,14-15H,1-2H3;/q-2;+2. The number of halogens is 3. The molecule has 0 aliphatic carbocycles. The van der Waals surface area contributed by atoms with Crippen LogP contribution in [0.4, 0.5) is 13.2 Å². The first-order valence-electron chi connectivity index (χ1n) is 10.5. The van der Waals surface area contributed by atoms with Crippen molar-refractivity contribution in [1.82, 2.24) is 24.7 Å². The molecule has 5 aromatic rings. The summed E-state index contributed by atoms with van der Waals surface area (Å²) < 4.78 is 39.9. The molecule has 9 heteroatoms. The Labute approximate surface area is 214 Å². The van der Waals surface area contributed by atoms with E-state index < -0.39 is 17.3 Å². The Hall–Kier alpha value is -3.38. The van der Waals surface area contributed by atoms with Gasteiger partial charge in [-0.25, -0.2) is 0 Å². The van der Waals surface area contributed by atoms with Gasteiger partial charge in [0.2, 0.25) is 0 Å². The Kier molecular flexibility index (Phi) is 6.60. The molecule has 0 spiro atoms. The van der Waals surface area contributed by atoms with E-state index in [0.717, 1.165) is 38.6 Å². The summed E-state index contributed by atoms with van der Waals surface area (Å²) in [4.78, 5) is 13.9. The Morgan fingerprint density at radius 2 is 1.54 bits per heavy atom. The van der Waals surface area contributed by atoms with E-state index in [1.54, 1.807) is 18.3 Å². The smallest absolute Gasteiger partial charge is 0.343 e. The summed E-state index contributed by atoms with van der Waals surface area (Å²) in [6, 6.07) is 22.7. The van der Waals surface area contributed by atoms with Crippen LogP contribution >= 0.6 is 0 Å². The average Bonchev–Trinajstić information content (AvgIpc) is 3.35. The third-order valence-corrected chi connectivity index (χ3v) is 5.64. The van der Waals surface area contributed by atoms with Crippen molar-refractivity contribution in [3.8, 4) is 17.1 Å². The monoisotopic (exact) mass is 652 g/mol. The molecule has 0 saturated heterocycles. The fraction of sp³-hybridized carbons (Fsp3) is 0.154. The predicted octanol–water partition coefficient (Wildman–Crippen LogP) is 5.82. The molecular weight excluding hydrogens is 634 g/mol. The summed E-state index contributed by atoms with van der Waals surface area (Å²) >= 11 is 0. The maximum Gasteiger partial charge on any atom is 2.00 e. The molecule has 0 aliphatic rings. The fourth-order valence-corrected chi connectivity index (χ4v) is 3.74. The molecule has 0 radical (unpaired) electrons. The van der Waals surface area contributed by atoms with Crippen LogP contribution in [-0.2, 0) is 32.7 Å². The molecule has 35 heavy (non-hydrogen) atoms. The Bertz CT molecular complexity index is 1490. The van der Waals surface area contributed by atoms with Crippen LogP contribution in [-0.4, -0.2) is 24.7 Å². The number of nitrogens with zero attached hydrogens (tertiary/aromatic N) is 5. The van der Waals surface area contributed by atoms with Crippen molar-refractivity contribution in [3.63, 3.8) is 0 Å². The molecule has 0 atom stereocenters. The zero-order valence-corrected chi connectivity index (χ0v) is 20.9. The third-order valence-electron chi connectivity index (χ3n) is 5.64. The molecule has 0 fully saturated rings. The Morgan fingerprint density at radius 1 is 0.829 bits per heavy atom. The molecule has 5 rings (SSSR count). The first-order valence-corrected chi connectivity index (χ1v) is 10.5. The van der Waals surface area contributed by atoms with Crippen LogP contribution in [0.3, 0.4) is 0 Å². The van der Waals surface area contributed by atoms with Gasteiger partial charge in [-0.3, -0.25) is 15.1 Å². The molecule has 178 valence electrons. The number of hydrogen-bond acceptors (Lipinski definition) is 4. The topological polar surface area (TPSA) is 56.5 Å². The van der Waals surface area contributed by atoms with E-state index in [1.165, 1.54) is 0 Å². The fourth-order valence-electron chi connectivity index (χ4n) is 3.74. The number of aromatic nitrogens is 5. The molecule has 0 unspecified atom stereocenters. The van der Waals surface area contributed by atoms with Crippen molar-refractivity contribution < 1.29 is 34.2 Å². The van der Waals surface area contributed by atoms with Gasteiger partial charge >= 0.3 is 27.2 Å². The van der Waals surface area contributed by atoms with Crippen LogP contribution in [0.5, 0.6) is 0 Å². The van der Waals surface area contributed by atoms with Gasteiger partial charge in [0.15, 0.2) is 0 Å². The van der Waals surface area contributed by atoms with Gasteiger partial charge in [0.05, 0.1) is 11.5 Å². The number of alkyl halides is 3. The Morgan fingerprint density at radius 3 is 2.29 bits per heavy atom. The van der Waals surface area contributed by atoms with Crippen molar-refractivity contribution in [2.75, 3.05) is 0 Å². The zero-order valence-electron chi connectivity index (χ0n) is 18.6. The molecule has 1 aromatic carbocycles. The first kappa shape index (κ1) is 24.7. The van der Waals surface area contributed by atoms with E-state index in [9.17, 15) is 13.2 Å². The minimum absolute atomic E-state index is 0. The van der Waals surface area contributed by atoms with E-state index in [1.807, 2.05) is 62.4 Å². The van der Waals surface area contributed by atoms with Crippen molar-refractivity contribution in [1.29, 1.82) is 0 Å². The molecule has 4 aromatic heterocycles. The normalized spacial score (nSPS) is 11.9. The maximum absolute atomic E-state index is 13.0. The van der Waals surface area contributed by atoms with Gasteiger partial charge in [-0.15, -0.1) is 17.5 Å². The summed E-state index contributed by atoms with van der Waals surface area (Å²) in [6.45, 7) is 3.93. The molecular formula is C26H18F3N5Pt. The van der Waals surface area contributed by atoms with Gasteiger partial charge < -0.3 is 9.67 Å². The van der Waals surface area contributed by atoms with Crippen LogP contribution in [0, 0.1) is 12.3 Å². The molecule has 0 amide bonds. The van der Waals surface area contributed by atoms with Crippen LogP contribution in [0.15, 0.2) is 72.9 Å². The van der Waals surface area contributed by atoms with E-state index in [2.05, 4.69) is 27.3 Å². The molecule has 4 heterocycles. The summed E-state index contributed by atoms with van der Waals surface area (Å²) in [5, 5.41) is 4.52. The first-order chi connectivity index (χ1) is 16.2. The minimum Gasteiger partial charge on any atom is -0.343 e. The summed E-state index contributed by atoms with van der Waals surface area (Å²) in [5.41, 5.74) is 2.17. The second-order valence-electron chi connectivity index (χ2n) is 8.28. The quantitative estimate of drug-likeness (QED) is 0.230. The van der Waals surface area contributed by atoms with E-state index in [4.69, 9.17) is 4.98 Å². The van der Waals surface area contributed by atoms with E-state index in [-0.39, 0.29) is 26.9 Å². The van der Waals surface area contributed by atoms with Gasteiger partial charge in [-0.05, 0) is 43.9 Å². The summed E-state index contributed by atoms with van der Waals surface area (Å²) in [7, 11) is 0. The Balaban J connectivity index is 0.00000289. The molecule has 0 bridgehead atoms. The number of hydrogen-bond donors (Lipinski definition) is 0. The van der Waals surface area contributed by atoms with Crippen molar-refractivity contribution >= 4 is 10.9 Å². The number of rotatable bonds is 4. The molecule has 0 N–H and O–H groups in total. The summed E-state index contributed by atoms with van der Waals surface area (Å²) in [6.07, 6.45) is -0.416. The molecule has 0 saturated carbocycles. The summed E-state index contributed by atoms with van der Waals surface area (Å²) in [5.74, 6) is 0.241. The van der Waals surface area contributed by atoms with E-state index in [0.29, 0.717) is 5.69 Å². The number of para-hydroxylation sites is 1. The average molecular weight is 653 g/mol. The minimum atomic E-state index is -4.54. The SMILES string of the molecule is CC(C)(c1cccc(-c2[c-]cnc3ccccc23)n1)c1cccc(-n2[c-]cc(C(F)(F)F)n2)n1.[Pt+2]. The third kappa shape index (κ3) is 4.76. The van der Waals surface area contributed by atoms with Gasteiger partial charge in [0.25, 0.3) is 0 Å². The van der Waals surface area contributed by atoms with Crippen LogP contribution in [0.1, 0.15) is 30.9 Å². The van der Waals surface area contributed by atoms with Gasteiger partial charge in [-0.1, -0.05) is 42.6 Å². The second-order valence-corrected chi connectivity index (χ2v) is 8.28. The molecule has 5 nitrogen and oxygen atoms in total. The van der Waals surface area contributed by atoms with Gasteiger partial charge in [0.1, 0.15) is 0 Å². The predicted molar refractivity (Wildman–Crippen MR) is 121 cm³/mol.